The summed E-state index contributed by atoms with van der Waals surface area (Å²) < 4.78 is 11.8. The normalized spacial score (nSPS) is 19.9. The fourth-order valence-electron chi connectivity index (χ4n) is 4.90. The molecule has 0 radical (unpaired) electrons. The molecule has 1 saturated carbocycles. The topological polar surface area (TPSA) is 92.8 Å². The number of hydrogen-bond acceptors (Lipinski definition) is 5. The van der Waals surface area contributed by atoms with E-state index in [0.29, 0.717) is 29.5 Å². The Balaban J connectivity index is 1.58. The van der Waals surface area contributed by atoms with Crippen molar-refractivity contribution in [2.75, 3.05) is 6.61 Å². The van der Waals surface area contributed by atoms with Crippen LogP contribution in [0.4, 0.5) is 0 Å². The first kappa shape index (κ1) is 22.9. The molecule has 0 aliphatic heterocycles. The van der Waals surface area contributed by atoms with Crippen LogP contribution in [0.5, 0.6) is 5.75 Å². The third-order valence-electron chi connectivity index (χ3n) is 6.58. The van der Waals surface area contributed by atoms with Crippen LogP contribution in [0.2, 0.25) is 0 Å². The number of oxazole rings is 1. The summed E-state index contributed by atoms with van der Waals surface area (Å²) in [4.78, 5) is 15.8. The number of carboxylic acids is 1. The third kappa shape index (κ3) is 4.70. The molecule has 2 atom stereocenters. The first-order chi connectivity index (χ1) is 17.0. The highest BCUT2D eigenvalue weighted by atomic mass is 16.5. The van der Waals surface area contributed by atoms with Gasteiger partial charge >= 0.3 is 5.97 Å². The lowest BCUT2D eigenvalue weighted by Gasteiger charge is -2.38. The Labute approximate surface area is 203 Å². The Morgan fingerprint density at radius 2 is 1.69 bits per heavy atom. The molecule has 178 valence electrons. The maximum Gasteiger partial charge on any atom is 0.341 e. The second-order valence-corrected chi connectivity index (χ2v) is 8.91. The summed E-state index contributed by atoms with van der Waals surface area (Å²) in [6.07, 6.45) is 3.08. The van der Waals surface area contributed by atoms with Crippen molar-refractivity contribution in [3.05, 3.63) is 96.4 Å². The molecule has 0 saturated heterocycles. The standard InChI is InChI=1S/C29H27NO5/c31-25(32)19-34-23-15-9-14-22(18-23)24-16-7-8-17-29(24,33)28-30-26(20-10-3-1-4-11-20)27(35-28)21-12-5-2-6-13-21/h1-6,9-15,18,24,33H,7-8,16-17,19H2,(H,31,32). The van der Waals surface area contributed by atoms with E-state index in [2.05, 4.69) is 0 Å². The van der Waals surface area contributed by atoms with Crippen molar-refractivity contribution in [2.24, 2.45) is 0 Å². The lowest BCUT2D eigenvalue weighted by Crippen LogP contribution is -2.36. The maximum absolute atomic E-state index is 12.1. The van der Waals surface area contributed by atoms with E-state index in [4.69, 9.17) is 19.2 Å². The van der Waals surface area contributed by atoms with E-state index in [9.17, 15) is 9.90 Å². The average molecular weight is 470 g/mol. The highest BCUT2D eigenvalue weighted by Crippen LogP contribution is 2.49. The summed E-state index contributed by atoms with van der Waals surface area (Å²) in [5.41, 5.74) is 2.07. The van der Waals surface area contributed by atoms with Gasteiger partial charge in [-0.3, -0.25) is 0 Å². The second kappa shape index (κ2) is 9.76. The number of aromatic nitrogens is 1. The van der Waals surface area contributed by atoms with Gasteiger partial charge in [0.05, 0.1) is 0 Å². The van der Waals surface area contributed by atoms with Gasteiger partial charge in [-0.2, -0.15) is 0 Å². The van der Waals surface area contributed by atoms with Crippen molar-refractivity contribution in [1.82, 2.24) is 4.98 Å². The Kier molecular flexibility index (Phi) is 6.38. The average Bonchev–Trinajstić information content (AvgIpc) is 3.36. The Morgan fingerprint density at radius 1 is 0.971 bits per heavy atom. The lowest BCUT2D eigenvalue weighted by atomic mass is 9.72. The van der Waals surface area contributed by atoms with Gasteiger partial charge in [-0.1, -0.05) is 79.2 Å². The van der Waals surface area contributed by atoms with E-state index >= 15 is 0 Å². The number of aliphatic carboxylic acids is 1. The van der Waals surface area contributed by atoms with Crippen molar-refractivity contribution >= 4 is 5.97 Å². The number of aliphatic hydroxyl groups is 1. The summed E-state index contributed by atoms with van der Waals surface area (Å²) in [6, 6.07) is 26.9. The van der Waals surface area contributed by atoms with Crippen molar-refractivity contribution in [2.45, 2.75) is 37.2 Å². The predicted molar refractivity (Wildman–Crippen MR) is 132 cm³/mol. The maximum atomic E-state index is 12.1. The smallest absolute Gasteiger partial charge is 0.341 e. The van der Waals surface area contributed by atoms with Crippen molar-refractivity contribution < 1.29 is 24.2 Å². The molecule has 0 spiro atoms. The molecule has 1 aliphatic carbocycles. The van der Waals surface area contributed by atoms with Gasteiger partial charge in [0.1, 0.15) is 17.0 Å². The van der Waals surface area contributed by atoms with Gasteiger partial charge < -0.3 is 19.4 Å². The van der Waals surface area contributed by atoms with Crippen LogP contribution in [-0.4, -0.2) is 27.8 Å². The largest absolute Gasteiger partial charge is 0.482 e. The van der Waals surface area contributed by atoms with Gasteiger partial charge in [-0.25, -0.2) is 9.78 Å². The molecule has 1 aliphatic rings. The summed E-state index contributed by atoms with van der Waals surface area (Å²) in [7, 11) is 0. The van der Waals surface area contributed by atoms with Crippen LogP contribution in [0.25, 0.3) is 22.6 Å². The number of nitrogens with zero attached hydrogens (tertiary/aromatic N) is 1. The number of carboxylic acid groups (broad SMARTS) is 1. The van der Waals surface area contributed by atoms with E-state index in [0.717, 1.165) is 36.0 Å². The molecular weight excluding hydrogens is 442 g/mol. The number of rotatable bonds is 7. The molecule has 6 heteroatoms. The molecule has 2 unspecified atom stereocenters. The number of benzene rings is 3. The first-order valence-corrected chi connectivity index (χ1v) is 11.8. The third-order valence-corrected chi connectivity index (χ3v) is 6.58. The van der Waals surface area contributed by atoms with Crippen LogP contribution in [-0.2, 0) is 10.4 Å². The van der Waals surface area contributed by atoms with E-state index in [1.54, 1.807) is 6.07 Å². The molecular formula is C29H27NO5. The second-order valence-electron chi connectivity index (χ2n) is 8.91. The number of hydrogen-bond donors (Lipinski definition) is 2. The van der Waals surface area contributed by atoms with Gasteiger partial charge in [-0.15, -0.1) is 0 Å². The summed E-state index contributed by atoms with van der Waals surface area (Å²) >= 11 is 0. The SMILES string of the molecule is O=C(O)COc1cccc(C2CCCCC2(O)c2nc(-c3ccccc3)c(-c3ccccc3)o2)c1. The fraction of sp³-hybridized carbons (Fsp3) is 0.241. The molecule has 35 heavy (non-hydrogen) atoms. The molecule has 0 amide bonds. The van der Waals surface area contributed by atoms with Crippen molar-refractivity contribution in [3.8, 4) is 28.3 Å². The summed E-state index contributed by atoms with van der Waals surface area (Å²) in [5, 5.41) is 21.1. The highest BCUT2D eigenvalue weighted by molar-refractivity contribution is 5.77. The number of carbonyl (C=O) groups is 1. The quantitative estimate of drug-likeness (QED) is 0.344. The minimum atomic E-state index is -1.31. The molecule has 1 fully saturated rings. The molecule has 6 nitrogen and oxygen atoms in total. The lowest BCUT2D eigenvalue weighted by molar-refractivity contribution is -0.139. The Morgan fingerprint density at radius 3 is 2.40 bits per heavy atom. The van der Waals surface area contributed by atoms with Crippen molar-refractivity contribution in [1.29, 1.82) is 0 Å². The molecule has 1 heterocycles. The van der Waals surface area contributed by atoms with Crippen LogP contribution in [0.1, 0.15) is 43.1 Å². The molecule has 5 rings (SSSR count). The monoisotopic (exact) mass is 469 g/mol. The van der Waals surface area contributed by atoms with Crippen LogP contribution in [0.15, 0.2) is 89.3 Å². The van der Waals surface area contributed by atoms with E-state index < -0.39 is 18.2 Å². The number of ether oxygens (including phenoxy) is 1. The summed E-state index contributed by atoms with van der Waals surface area (Å²) in [6.45, 7) is -0.418. The van der Waals surface area contributed by atoms with Crippen molar-refractivity contribution in [3.63, 3.8) is 0 Å². The zero-order valence-electron chi connectivity index (χ0n) is 19.3. The van der Waals surface area contributed by atoms with E-state index in [1.165, 1.54) is 0 Å². The van der Waals surface area contributed by atoms with E-state index in [-0.39, 0.29) is 5.92 Å². The zero-order chi connectivity index (χ0) is 24.3. The van der Waals surface area contributed by atoms with Gasteiger partial charge in [-0.05, 0) is 37.0 Å². The van der Waals surface area contributed by atoms with Gasteiger partial charge in [0.2, 0.25) is 5.89 Å². The first-order valence-electron chi connectivity index (χ1n) is 11.8. The minimum absolute atomic E-state index is 0.268. The molecule has 4 aromatic rings. The predicted octanol–water partition coefficient (Wildman–Crippen LogP) is 6.02. The fourth-order valence-corrected chi connectivity index (χ4v) is 4.90. The van der Waals surface area contributed by atoms with Gasteiger partial charge in [0, 0.05) is 17.0 Å². The molecule has 1 aromatic heterocycles. The highest BCUT2D eigenvalue weighted by Gasteiger charge is 2.46. The Hall–Kier alpha value is -3.90. The zero-order valence-corrected chi connectivity index (χ0v) is 19.3. The summed E-state index contributed by atoms with van der Waals surface area (Å²) in [5.74, 6) is 0.0850. The van der Waals surface area contributed by atoms with Crippen LogP contribution in [0.3, 0.4) is 0 Å². The molecule has 3 aromatic carbocycles. The van der Waals surface area contributed by atoms with E-state index in [1.807, 2.05) is 78.9 Å². The van der Waals surface area contributed by atoms with Crippen LogP contribution >= 0.6 is 0 Å². The van der Waals surface area contributed by atoms with Crippen LogP contribution in [0, 0.1) is 0 Å². The van der Waals surface area contributed by atoms with Crippen LogP contribution < -0.4 is 4.74 Å². The van der Waals surface area contributed by atoms with Gasteiger partial charge in [0.15, 0.2) is 12.4 Å². The van der Waals surface area contributed by atoms with Gasteiger partial charge in [0.25, 0.3) is 0 Å². The Bertz CT molecular complexity index is 1240. The molecule has 2 N–H and O–H groups in total. The molecule has 0 bridgehead atoms. The minimum Gasteiger partial charge on any atom is -0.482 e.